The molecule has 0 saturated heterocycles. The van der Waals surface area contributed by atoms with Crippen molar-refractivity contribution in [1.82, 2.24) is 10.1 Å². The Morgan fingerprint density at radius 2 is 1.74 bits per heavy atom. The number of ether oxygens (including phenoxy) is 1. The van der Waals surface area contributed by atoms with Crippen LogP contribution in [0.25, 0.3) is 0 Å². The van der Waals surface area contributed by atoms with Crippen LogP contribution in [0.3, 0.4) is 0 Å². The first-order chi connectivity index (χ1) is 11.3. The second-order valence-electron chi connectivity index (χ2n) is 4.80. The van der Waals surface area contributed by atoms with Gasteiger partial charge in [0.15, 0.2) is 12.4 Å². The van der Waals surface area contributed by atoms with E-state index < -0.39 is 0 Å². The maximum absolute atomic E-state index is 11.9. The second kappa shape index (κ2) is 7.22. The molecule has 1 amide bonds. The maximum Gasteiger partial charge on any atom is 0.264 e. The normalized spacial score (nSPS) is 10.3. The Hall–Kier alpha value is -3.15. The Morgan fingerprint density at radius 3 is 2.48 bits per heavy atom. The molecular weight excluding hydrogens is 294 g/mol. The quantitative estimate of drug-likeness (QED) is 0.757. The summed E-state index contributed by atoms with van der Waals surface area (Å²) in [6.07, 6.45) is 0.0454. The molecule has 3 rings (SSSR count). The zero-order valence-corrected chi connectivity index (χ0v) is 12.3. The van der Waals surface area contributed by atoms with E-state index in [4.69, 9.17) is 9.26 Å². The van der Waals surface area contributed by atoms with Crippen LogP contribution in [-0.2, 0) is 17.8 Å². The second-order valence-corrected chi connectivity index (χ2v) is 4.80. The number of carbonyl (C=O) groups is 1. The first-order valence-corrected chi connectivity index (χ1v) is 7.14. The van der Waals surface area contributed by atoms with Gasteiger partial charge in [0.05, 0.1) is 6.42 Å². The molecule has 0 saturated carbocycles. The third kappa shape index (κ3) is 4.41. The molecule has 1 heterocycles. The highest BCUT2D eigenvalue weighted by atomic mass is 16.5. The topological polar surface area (TPSA) is 77.2 Å². The summed E-state index contributed by atoms with van der Waals surface area (Å²) in [4.78, 5) is 16.0. The molecular formula is C17H15N3O3. The van der Waals surface area contributed by atoms with Gasteiger partial charge in [-0.2, -0.15) is 4.98 Å². The maximum atomic E-state index is 11.9. The molecule has 6 nitrogen and oxygen atoms in total. The van der Waals surface area contributed by atoms with Crippen LogP contribution in [0.15, 0.2) is 65.2 Å². The van der Waals surface area contributed by atoms with E-state index in [-0.39, 0.29) is 18.9 Å². The van der Waals surface area contributed by atoms with Crippen molar-refractivity contribution in [2.45, 2.75) is 13.0 Å². The molecule has 2 aromatic carbocycles. The molecule has 3 aromatic rings. The van der Waals surface area contributed by atoms with Crippen molar-refractivity contribution in [3.8, 4) is 5.75 Å². The van der Waals surface area contributed by atoms with Gasteiger partial charge in [-0.15, -0.1) is 0 Å². The van der Waals surface area contributed by atoms with E-state index >= 15 is 0 Å². The zero-order valence-electron chi connectivity index (χ0n) is 12.3. The molecule has 0 unspecified atom stereocenters. The Morgan fingerprint density at radius 1 is 1.04 bits per heavy atom. The van der Waals surface area contributed by atoms with Crippen molar-refractivity contribution >= 4 is 11.6 Å². The van der Waals surface area contributed by atoms with E-state index in [2.05, 4.69) is 15.5 Å². The smallest absolute Gasteiger partial charge is 0.264 e. The lowest BCUT2D eigenvalue weighted by Gasteiger charge is -2.02. The lowest BCUT2D eigenvalue weighted by molar-refractivity contribution is -0.115. The Balaban J connectivity index is 1.52. The van der Waals surface area contributed by atoms with Crippen LogP contribution in [-0.4, -0.2) is 16.0 Å². The average Bonchev–Trinajstić information content (AvgIpc) is 3.02. The Labute approximate surface area is 133 Å². The molecule has 0 radical (unpaired) electrons. The van der Waals surface area contributed by atoms with E-state index in [1.54, 1.807) is 0 Å². The van der Waals surface area contributed by atoms with Crippen molar-refractivity contribution < 1.29 is 14.1 Å². The van der Waals surface area contributed by atoms with Crippen molar-refractivity contribution in [3.63, 3.8) is 0 Å². The Bertz CT molecular complexity index is 757. The van der Waals surface area contributed by atoms with Crippen LogP contribution in [0, 0.1) is 0 Å². The van der Waals surface area contributed by atoms with Crippen molar-refractivity contribution in [3.05, 3.63) is 72.4 Å². The highest BCUT2D eigenvalue weighted by Gasteiger charge is 2.11. The molecule has 0 atom stereocenters. The molecule has 116 valence electrons. The number of rotatable bonds is 6. The fourth-order valence-electron chi connectivity index (χ4n) is 1.95. The predicted molar refractivity (Wildman–Crippen MR) is 83.8 cm³/mol. The van der Waals surface area contributed by atoms with E-state index in [0.29, 0.717) is 17.5 Å². The van der Waals surface area contributed by atoms with Crippen LogP contribution in [0.1, 0.15) is 11.7 Å². The van der Waals surface area contributed by atoms with Gasteiger partial charge in [0.1, 0.15) is 5.75 Å². The molecule has 0 aliphatic rings. The first kappa shape index (κ1) is 14.8. The summed E-state index contributed by atoms with van der Waals surface area (Å²) in [6.45, 7) is 0.164. The van der Waals surface area contributed by atoms with E-state index in [0.717, 1.165) is 5.69 Å². The summed E-state index contributed by atoms with van der Waals surface area (Å²) < 4.78 is 10.6. The minimum atomic E-state index is -0.201. The summed E-state index contributed by atoms with van der Waals surface area (Å²) in [5.74, 6) is 1.17. The van der Waals surface area contributed by atoms with Crippen LogP contribution in [0.2, 0.25) is 0 Å². The molecule has 1 N–H and O–H groups in total. The van der Waals surface area contributed by atoms with Gasteiger partial charge in [0.25, 0.3) is 5.89 Å². The Kier molecular flexibility index (Phi) is 4.63. The number of hydrogen-bond donors (Lipinski definition) is 1. The van der Waals surface area contributed by atoms with Gasteiger partial charge in [-0.3, -0.25) is 4.79 Å². The van der Waals surface area contributed by atoms with Gasteiger partial charge >= 0.3 is 0 Å². The molecule has 0 aliphatic heterocycles. The minimum absolute atomic E-state index is 0.0454. The van der Waals surface area contributed by atoms with E-state index in [9.17, 15) is 4.79 Å². The average molecular weight is 309 g/mol. The predicted octanol–water partition coefficient (Wildman–Crippen LogP) is 2.83. The standard InChI is InChI=1S/C17H15N3O3/c21-16(18-13-7-3-1-4-8-13)11-15-19-17(23-20-15)12-22-14-9-5-2-6-10-14/h1-10H,11-12H2,(H,18,21). The summed E-state index contributed by atoms with van der Waals surface area (Å²) in [5, 5.41) is 6.55. The molecule has 6 heteroatoms. The minimum Gasteiger partial charge on any atom is -0.484 e. The van der Waals surface area contributed by atoms with Gasteiger partial charge in [-0.05, 0) is 24.3 Å². The molecule has 1 aromatic heterocycles. The zero-order chi connectivity index (χ0) is 15.9. The molecule has 0 bridgehead atoms. The van der Waals surface area contributed by atoms with Gasteiger partial charge < -0.3 is 14.6 Å². The molecule has 23 heavy (non-hydrogen) atoms. The number of aromatic nitrogens is 2. The fraction of sp³-hybridized carbons (Fsp3) is 0.118. The lowest BCUT2D eigenvalue weighted by atomic mass is 10.3. The van der Waals surface area contributed by atoms with Gasteiger partial charge in [0, 0.05) is 5.69 Å². The summed E-state index contributed by atoms with van der Waals surface area (Å²) in [6, 6.07) is 18.5. The van der Waals surface area contributed by atoms with Gasteiger partial charge in [-0.25, -0.2) is 0 Å². The van der Waals surface area contributed by atoms with Crippen molar-refractivity contribution in [2.75, 3.05) is 5.32 Å². The summed E-state index contributed by atoms with van der Waals surface area (Å²) >= 11 is 0. The number of nitrogens with one attached hydrogen (secondary N) is 1. The lowest BCUT2D eigenvalue weighted by Crippen LogP contribution is -2.15. The van der Waals surface area contributed by atoms with Crippen LogP contribution < -0.4 is 10.1 Å². The van der Waals surface area contributed by atoms with Crippen molar-refractivity contribution in [1.29, 1.82) is 0 Å². The summed E-state index contributed by atoms with van der Waals surface area (Å²) in [5.41, 5.74) is 0.730. The number of amides is 1. The largest absolute Gasteiger partial charge is 0.484 e. The molecule has 0 aliphatic carbocycles. The number of hydrogen-bond acceptors (Lipinski definition) is 5. The van der Waals surface area contributed by atoms with E-state index in [1.807, 2.05) is 60.7 Å². The summed E-state index contributed by atoms with van der Waals surface area (Å²) in [7, 11) is 0. The monoisotopic (exact) mass is 309 g/mol. The highest BCUT2D eigenvalue weighted by Crippen LogP contribution is 2.11. The SMILES string of the molecule is O=C(Cc1noc(COc2ccccc2)n1)Nc1ccccc1. The number of nitrogens with zero attached hydrogens (tertiary/aromatic N) is 2. The van der Waals surface area contributed by atoms with Gasteiger partial charge in [-0.1, -0.05) is 41.6 Å². The first-order valence-electron chi connectivity index (χ1n) is 7.14. The molecule has 0 fully saturated rings. The number of carbonyl (C=O) groups excluding carboxylic acids is 1. The van der Waals surface area contributed by atoms with Crippen LogP contribution in [0.5, 0.6) is 5.75 Å². The molecule has 0 spiro atoms. The van der Waals surface area contributed by atoms with Crippen molar-refractivity contribution in [2.24, 2.45) is 0 Å². The number of benzene rings is 2. The van der Waals surface area contributed by atoms with Gasteiger partial charge in [0.2, 0.25) is 5.91 Å². The third-order valence-corrected chi connectivity index (χ3v) is 2.99. The van der Waals surface area contributed by atoms with E-state index in [1.165, 1.54) is 0 Å². The van der Waals surface area contributed by atoms with Crippen LogP contribution in [0.4, 0.5) is 5.69 Å². The highest BCUT2D eigenvalue weighted by molar-refractivity contribution is 5.91. The number of anilines is 1. The van der Waals surface area contributed by atoms with Crippen LogP contribution >= 0.6 is 0 Å². The fourth-order valence-corrected chi connectivity index (χ4v) is 1.95. The number of para-hydroxylation sites is 2. The third-order valence-electron chi connectivity index (χ3n) is 2.99.